The number of anilines is 5. The maximum absolute atomic E-state index is 13.6. The first-order valence-electron chi connectivity index (χ1n) is 21.2. The van der Waals surface area contributed by atoms with E-state index in [0.717, 1.165) is 116 Å². The number of aromatic nitrogens is 4. The summed E-state index contributed by atoms with van der Waals surface area (Å²) >= 11 is 3.64. The number of benzene rings is 3. The van der Waals surface area contributed by atoms with Gasteiger partial charge in [-0.2, -0.15) is 10.1 Å². The highest BCUT2D eigenvalue weighted by Gasteiger charge is 2.37. The number of carbonyl (C=O) groups is 1. The van der Waals surface area contributed by atoms with Crippen LogP contribution in [0.15, 0.2) is 71.6 Å². The lowest BCUT2D eigenvalue weighted by atomic mass is 9.92. The molecule has 0 spiro atoms. The molecule has 5 aromatic rings. The van der Waals surface area contributed by atoms with Crippen LogP contribution in [0.2, 0.25) is 0 Å². The minimum absolute atomic E-state index is 0.191. The molecule has 3 saturated heterocycles. The van der Waals surface area contributed by atoms with E-state index in [1.807, 2.05) is 86.2 Å². The Morgan fingerprint density at radius 1 is 0.951 bits per heavy atom. The Morgan fingerprint density at radius 3 is 2.36 bits per heavy atom. The van der Waals surface area contributed by atoms with Crippen LogP contribution in [0.1, 0.15) is 33.6 Å². The van der Waals surface area contributed by atoms with E-state index in [-0.39, 0.29) is 6.09 Å². The molecule has 3 fully saturated rings. The third-order valence-corrected chi connectivity index (χ3v) is 14.0. The molecule has 2 N–H and O–H groups in total. The summed E-state index contributed by atoms with van der Waals surface area (Å²) < 4.78 is 27.8. The van der Waals surface area contributed by atoms with Gasteiger partial charge in [-0.25, -0.2) is 9.78 Å². The fraction of sp³-hybridized carbons (Fsp3) is 0.467. The van der Waals surface area contributed by atoms with E-state index in [9.17, 15) is 9.36 Å². The fourth-order valence-electron chi connectivity index (χ4n) is 8.89. The second kappa shape index (κ2) is 17.6. The lowest BCUT2D eigenvalue weighted by Crippen LogP contribution is -2.59. The van der Waals surface area contributed by atoms with Crippen LogP contribution in [-0.4, -0.2) is 132 Å². The molecular formula is C45H58BrN10O4P. The normalized spacial score (nSPS) is 17.4. The van der Waals surface area contributed by atoms with Crippen LogP contribution in [0.5, 0.6) is 5.75 Å². The van der Waals surface area contributed by atoms with E-state index in [2.05, 4.69) is 63.5 Å². The highest BCUT2D eigenvalue weighted by atomic mass is 79.9. The zero-order valence-corrected chi connectivity index (χ0v) is 38.8. The maximum Gasteiger partial charge on any atom is 0.410 e. The molecule has 0 bridgehead atoms. The maximum atomic E-state index is 13.6. The molecule has 0 saturated carbocycles. The van der Waals surface area contributed by atoms with Crippen LogP contribution < -0.4 is 25.6 Å². The molecule has 0 radical (unpaired) electrons. The van der Waals surface area contributed by atoms with Gasteiger partial charge in [-0.3, -0.25) is 14.5 Å². The first-order valence-corrected chi connectivity index (χ1v) is 24.6. The van der Waals surface area contributed by atoms with Gasteiger partial charge in [-0.05, 0) is 91.7 Å². The van der Waals surface area contributed by atoms with Crippen molar-refractivity contribution in [3.05, 3.63) is 71.6 Å². The first-order chi connectivity index (χ1) is 29.1. The minimum atomic E-state index is -2.69. The number of nitrogens with zero attached hydrogens (tertiary/aromatic N) is 8. The quantitative estimate of drug-likeness (QED) is 0.125. The van der Waals surface area contributed by atoms with E-state index in [1.54, 1.807) is 26.6 Å². The number of aryl methyl sites for hydroxylation is 1. The van der Waals surface area contributed by atoms with E-state index in [1.165, 1.54) is 0 Å². The van der Waals surface area contributed by atoms with Gasteiger partial charge in [0.25, 0.3) is 0 Å². The van der Waals surface area contributed by atoms with Crippen LogP contribution in [-0.2, 0) is 16.3 Å². The summed E-state index contributed by atoms with van der Waals surface area (Å²) in [5, 5.41) is 14.2. The predicted octanol–water partition coefficient (Wildman–Crippen LogP) is 7.99. The van der Waals surface area contributed by atoms with Crippen molar-refractivity contribution in [2.45, 2.75) is 45.3 Å². The first kappa shape index (κ1) is 43.0. The summed E-state index contributed by atoms with van der Waals surface area (Å²) in [7, 11) is 0.928. The van der Waals surface area contributed by atoms with Crippen molar-refractivity contribution in [1.82, 2.24) is 34.4 Å². The van der Waals surface area contributed by atoms with Crippen molar-refractivity contribution in [3.8, 4) is 16.9 Å². The standard InChI is InChI=1S/C45H58BrN10O4P/c1-45(2,3)60-44(57)55-16-14-33(15-17-55)56-27-30(28-56)26-53-18-20-54(21-19-53)39-23-40(59-5)38(22-35(39)32-24-48-52(4)29-32)50-43-47-25-36(46)42(51-43)49-37-13-12-31-10-8-9-11-34(31)41(37)61(6,7)58/h8-13,22-25,29-30,33H,14-21,26-28H2,1-7H3,(H2,47,49,50,51). The second-order valence-electron chi connectivity index (χ2n) is 18.0. The lowest BCUT2D eigenvalue weighted by Gasteiger charge is -2.49. The SMILES string of the molecule is COc1cc(N2CCN(CC3CN(C4CCN(C(=O)OC(C)(C)C)CC4)C3)CC2)c(-c2cnn(C)c2)cc1Nc1ncc(Br)c(Nc2ccc3ccccc3c2P(C)(C)=O)n1. The summed E-state index contributed by atoms with van der Waals surface area (Å²) in [4.78, 5) is 31.6. The third-order valence-electron chi connectivity index (χ3n) is 11.9. The van der Waals surface area contributed by atoms with Gasteiger partial charge >= 0.3 is 6.09 Å². The van der Waals surface area contributed by atoms with Gasteiger partial charge in [0.05, 0.1) is 29.2 Å². The van der Waals surface area contributed by atoms with Gasteiger partial charge in [0, 0.05) is 113 Å². The molecule has 2 aromatic heterocycles. The molecule has 324 valence electrons. The zero-order valence-electron chi connectivity index (χ0n) is 36.3. The largest absolute Gasteiger partial charge is 0.494 e. The number of nitrogens with one attached hydrogen (secondary N) is 2. The molecule has 14 nitrogen and oxygen atoms in total. The fourth-order valence-corrected chi connectivity index (χ4v) is 10.7. The number of fused-ring (bicyclic) bond motifs is 1. The highest BCUT2D eigenvalue weighted by Crippen LogP contribution is 2.43. The summed E-state index contributed by atoms with van der Waals surface area (Å²) in [6.07, 6.45) is 7.46. The Morgan fingerprint density at radius 2 is 1.69 bits per heavy atom. The van der Waals surface area contributed by atoms with Gasteiger partial charge in [0.2, 0.25) is 5.95 Å². The topological polar surface area (TPSA) is 133 Å². The number of rotatable bonds is 11. The molecule has 0 aliphatic carbocycles. The van der Waals surface area contributed by atoms with Crippen LogP contribution in [0.4, 0.5) is 33.6 Å². The average Bonchev–Trinajstić information content (AvgIpc) is 3.65. The number of piperazine rings is 1. The average molecular weight is 914 g/mol. The van der Waals surface area contributed by atoms with Gasteiger partial charge in [0.1, 0.15) is 24.3 Å². The number of amides is 1. The summed E-state index contributed by atoms with van der Waals surface area (Å²) in [6.45, 7) is 18.0. The Bertz CT molecular complexity index is 2430. The number of likely N-dealkylation sites (tertiary alicyclic amines) is 2. The van der Waals surface area contributed by atoms with Crippen LogP contribution in [0.3, 0.4) is 0 Å². The van der Waals surface area contributed by atoms with E-state index >= 15 is 0 Å². The van der Waals surface area contributed by atoms with Crippen molar-refractivity contribution in [1.29, 1.82) is 0 Å². The van der Waals surface area contributed by atoms with Gasteiger partial charge in [-0.15, -0.1) is 0 Å². The number of carbonyl (C=O) groups excluding carboxylic acids is 1. The smallest absolute Gasteiger partial charge is 0.410 e. The van der Waals surface area contributed by atoms with E-state index in [0.29, 0.717) is 33.9 Å². The van der Waals surface area contributed by atoms with E-state index < -0.39 is 12.7 Å². The molecule has 3 aliphatic rings. The number of halogens is 1. The van der Waals surface area contributed by atoms with Crippen LogP contribution in [0, 0.1) is 5.92 Å². The molecule has 3 aliphatic heterocycles. The van der Waals surface area contributed by atoms with Crippen LogP contribution >= 0.6 is 23.1 Å². The van der Waals surface area contributed by atoms with Gasteiger partial charge in [-0.1, -0.05) is 30.3 Å². The van der Waals surface area contributed by atoms with Gasteiger partial charge < -0.3 is 34.5 Å². The number of methoxy groups -OCH3 is 1. The summed E-state index contributed by atoms with van der Waals surface area (Å²) in [5.41, 5.74) is 4.13. The monoisotopic (exact) mass is 912 g/mol. The molecule has 3 aromatic carbocycles. The molecule has 8 rings (SSSR count). The molecular weight excluding hydrogens is 855 g/mol. The van der Waals surface area contributed by atoms with Gasteiger partial charge in [0.15, 0.2) is 0 Å². The zero-order chi connectivity index (χ0) is 43.1. The van der Waals surface area contributed by atoms with Crippen LogP contribution in [0.25, 0.3) is 21.9 Å². The summed E-state index contributed by atoms with van der Waals surface area (Å²) in [5.74, 6) is 2.26. The molecule has 16 heteroatoms. The Labute approximate surface area is 367 Å². The molecule has 0 unspecified atom stereocenters. The Hall–Kier alpha value is -4.69. The number of hydrogen-bond acceptors (Lipinski definition) is 12. The highest BCUT2D eigenvalue weighted by molar-refractivity contribution is 9.10. The summed E-state index contributed by atoms with van der Waals surface area (Å²) in [6, 6.07) is 16.8. The molecule has 61 heavy (non-hydrogen) atoms. The second-order valence-corrected chi connectivity index (χ2v) is 22.0. The predicted molar refractivity (Wildman–Crippen MR) is 249 cm³/mol. The van der Waals surface area contributed by atoms with E-state index in [4.69, 9.17) is 14.5 Å². The number of hydrogen-bond donors (Lipinski definition) is 2. The third kappa shape index (κ3) is 9.85. The Kier molecular flexibility index (Phi) is 12.4. The lowest BCUT2D eigenvalue weighted by molar-refractivity contribution is -0.00945. The molecule has 1 amide bonds. The molecule has 5 heterocycles. The van der Waals surface area contributed by atoms with Crippen molar-refractivity contribution >= 4 is 74.1 Å². The van der Waals surface area contributed by atoms with Crippen molar-refractivity contribution in [2.75, 3.05) is 94.9 Å². The van der Waals surface area contributed by atoms with Crippen molar-refractivity contribution in [2.24, 2.45) is 13.0 Å². The van der Waals surface area contributed by atoms with Crippen molar-refractivity contribution < 1.29 is 18.8 Å². The number of piperidine rings is 1. The van der Waals surface area contributed by atoms with Crippen molar-refractivity contribution in [3.63, 3.8) is 0 Å². The molecule has 0 atom stereocenters. The Balaban J connectivity index is 0.933. The minimum Gasteiger partial charge on any atom is -0.494 e. The number of ether oxygens (including phenoxy) is 2.